The third-order valence-electron chi connectivity index (χ3n) is 2.81. The number of nitrogens with zero attached hydrogens (tertiary/aromatic N) is 1. The number of nitro groups is 1. The van der Waals surface area contributed by atoms with E-state index < -0.39 is 14.8 Å². The third-order valence-corrected chi connectivity index (χ3v) is 3.92. The fraction of sp³-hybridized carbons (Fsp3) is 0.385. The molecule has 1 N–H and O–H groups in total. The molecule has 0 radical (unpaired) electrons. The van der Waals surface area contributed by atoms with Crippen LogP contribution >= 0.6 is 0 Å². The minimum Gasteiger partial charge on any atom is -0.376 e. The van der Waals surface area contributed by atoms with Crippen LogP contribution in [0.15, 0.2) is 23.1 Å². The highest BCUT2D eigenvalue weighted by Gasteiger charge is 2.20. The zero-order chi connectivity index (χ0) is 15.3. The molecule has 0 aromatic heterocycles. The Morgan fingerprint density at radius 1 is 1.50 bits per heavy atom. The predicted octanol–water partition coefficient (Wildman–Crippen LogP) is 2.21. The number of benzene rings is 1. The van der Waals surface area contributed by atoms with Crippen LogP contribution in [0.25, 0.3) is 0 Å². The Bertz CT molecular complexity index is 647. The SMILES string of the molecule is C#CCC(CC)Nc1ccc(S(C)(=O)=O)cc1[N+](=O)[O-]. The van der Waals surface area contributed by atoms with E-state index in [0.717, 1.165) is 12.3 Å². The minimum absolute atomic E-state index is 0.0836. The molecule has 6 nitrogen and oxygen atoms in total. The number of rotatable bonds is 6. The van der Waals surface area contributed by atoms with Gasteiger partial charge in [0.15, 0.2) is 9.84 Å². The molecule has 108 valence electrons. The van der Waals surface area contributed by atoms with Crippen molar-refractivity contribution in [1.82, 2.24) is 0 Å². The van der Waals surface area contributed by atoms with Crippen LogP contribution in [0.4, 0.5) is 11.4 Å². The molecule has 1 aromatic carbocycles. The van der Waals surface area contributed by atoms with Crippen LogP contribution in [-0.4, -0.2) is 25.6 Å². The number of anilines is 1. The fourth-order valence-corrected chi connectivity index (χ4v) is 2.32. The summed E-state index contributed by atoms with van der Waals surface area (Å²) < 4.78 is 22.9. The lowest BCUT2D eigenvalue weighted by atomic mass is 10.1. The van der Waals surface area contributed by atoms with Crippen molar-refractivity contribution in [3.63, 3.8) is 0 Å². The van der Waals surface area contributed by atoms with Crippen LogP contribution in [0, 0.1) is 22.5 Å². The first-order chi connectivity index (χ1) is 9.29. The van der Waals surface area contributed by atoms with Crippen molar-refractivity contribution in [1.29, 1.82) is 0 Å². The Balaban J connectivity index is 3.21. The van der Waals surface area contributed by atoms with Crippen molar-refractivity contribution < 1.29 is 13.3 Å². The molecule has 0 spiro atoms. The summed E-state index contributed by atoms with van der Waals surface area (Å²) >= 11 is 0. The van der Waals surface area contributed by atoms with Crippen LogP contribution in [0.1, 0.15) is 19.8 Å². The van der Waals surface area contributed by atoms with E-state index >= 15 is 0 Å². The number of hydrogen-bond acceptors (Lipinski definition) is 5. The highest BCUT2D eigenvalue weighted by Crippen LogP contribution is 2.28. The van der Waals surface area contributed by atoms with Crippen molar-refractivity contribution in [3.8, 4) is 12.3 Å². The number of nitrogens with one attached hydrogen (secondary N) is 1. The molecule has 0 aliphatic heterocycles. The average molecular weight is 296 g/mol. The zero-order valence-corrected chi connectivity index (χ0v) is 12.1. The van der Waals surface area contributed by atoms with E-state index in [4.69, 9.17) is 6.42 Å². The number of nitro benzene ring substituents is 1. The molecular weight excluding hydrogens is 280 g/mol. The van der Waals surface area contributed by atoms with E-state index in [-0.39, 0.29) is 22.3 Å². The van der Waals surface area contributed by atoms with Crippen LogP contribution < -0.4 is 5.32 Å². The largest absolute Gasteiger partial charge is 0.376 e. The molecule has 0 aliphatic carbocycles. The summed E-state index contributed by atoms with van der Waals surface area (Å²) in [7, 11) is -3.48. The second-order valence-corrected chi connectivity index (χ2v) is 6.38. The van der Waals surface area contributed by atoms with Gasteiger partial charge in [-0.25, -0.2) is 8.42 Å². The van der Waals surface area contributed by atoms with Gasteiger partial charge < -0.3 is 5.32 Å². The summed E-state index contributed by atoms with van der Waals surface area (Å²) in [4.78, 5) is 10.4. The molecule has 1 unspecified atom stereocenters. The van der Waals surface area contributed by atoms with Crippen LogP contribution in [0.5, 0.6) is 0 Å². The van der Waals surface area contributed by atoms with E-state index in [1.54, 1.807) is 0 Å². The average Bonchev–Trinajstić information content (AvgIpc) is 2.36. The summed E-state index contributed by atoms with van der Waals surface area (Å²) in [6.45, 7) is 1.91. The van der Waals surface area contributed by atoms with Gasteiger partial charge in [-0.2, -0.15) is 0 Å². The molecule has 0 saturated carbocycles. The van der Waals surface area contributed by atoms with Crippen LogP contribution in [-0.2, 0) is 9.84 Å². The van der Waals surface area contributed by atoms with Crippen molar-refractivity contribution in [2.24, 2.45) is 0 Å². The highest BCUT2D eigenvalue weighted by molar-refractivity contribution is 7.90. The van der Waals surface area contributed by atoms with Crippen molar-refractivity contribution in [3.05, 3.63) is 28.3 Å². The van der Waals surface area contributed by atoms with Gasteiger partial charge in [0.2, 0.25) is 0 Å². The highest BCUT2D eigenvalue weighted by atomic mass is 32.2. The second kappa shape index (κ2) is 6.39. The van der Waals surface area contributed by atoms with Gasteiger partial charge in [0, 0.05) is 24.8 Å². The summed E-state index contributed by atoms with van der Waals surface area (Å²) in [6, 6.07) is 3.70. The Labute approximate surface area is 118 Å². The maximum Gasteiger partial charge on any atom is 0.293 e. The normalized spacial score (nSPS) is 12.4. The molecule has 7 heteroatoms. The summed E-state index contributed by atoms with van der Waals surface area (Å²) in [5, 5.41) is 14.0. The molecule has 1 aromatic rings. The van der Waals surface area contributed by atoms with Gasteiger partial charge in [-0.3, -0.25) is 10.1 Å². The Kier molecular flexibility index (Phi) is 5.11. The molecule has 1 atom stereocenters. The van der Waals surface area contributed by atoms with Gasteiger partial charge >= 0.3 is 0 Å². The number of sulfone groups is 1. The van der Waals surface area contributed by atoms with Gasteiger partial charge in [0.05, 0.1) is 9.82 Å². The number of hydrogen-bond donors (Lipinski definition) is 1. The molecular formula is C13H16N2O4S. The van der Waals surface area contributed by atoms with E-state index in [2.05, 4.69) is 11.2 Å². The molecule has 20 heavy (non-hydrogen) atoms. The van der Waals surface area contributed by atoms with E-state index in [1.807, 2.05) is 6.92 Å². The van der Waals surface area contributed by atoms with Gasteiger partial charge in [0.25, 0.3) is 5.69 Å². The Morgan fingerprint density at radius 3 is 2.60 bits per heavy atom. The first-order valence-corrected chi connectivity index (χ1v) is 7.87. The molecule has 0 aliphatic rings. The molecule has 0 bridgehead atoms. The summed E-state index contributed by atoms with van der Waals surface area (Å²) in [6.07, 6.45) is 7.38. The van der Waals surface area contributed by atoms with Crippen molar-refractivity contribution in [2.45, 2.75) is 30.7 Å². The van der Waals surface area contributed by atoms with Gasteiger partial charge in [0.1, 0.15) is 5.69 Å². The zero-order valence-electron chi connectivity index (χ0n) is 11.3. The monoisotopic (exact) mass is 296 g/mol. The molecule has 0 heterocycles. The fourth-order valence-electron chi connectivity index (χ4n) is 1.67. The van der Waals surface area contributed by atoms with E-state index in [0.29, 0.717) is 12.8 Å². The Hall–Kier alpha value is -2.07. The Morgan fingerprint density at radius 2 is 2.15 bits per heavy atom. The molecule has 0 saturated heterocycles. The van der Waals surface area contributed by atoms with Gasteiger partial charge in [-0.1, -0.05) is 6.92 Å². The lowest BCUT2D eigenvalue weighted by Crippen LogP contribution is -2.18. The smallest absolute Gasteiger partial charge is 0.293 e. The number of terminal acetylenes is 1. The maximum absolute atomic E-state index is 11.4. The topological polar surface area (TPSA) is 89.3 Å². The second-order valence-electron chi connectivity index (χ2n) is 4.37. The summed E-state index contributed by atoms with van der Waals surface area (Å²) in [5.74, 6) is 2.50. The first kappa shape index (κ1) is 16.0. The third kappa shape index (κ3) is 3.96. The quantitative estimate of drug-likeness (QED) is 0.494. The van der Waals surface area contributed by atoms with Gasteiger partial charge in [-0.05, 0) is 18.6 Å². The molecule has 0 amide bonds. The lowest BCUT2D eigenvalue weighted by molar-refractivity contribution is -0.384. The molecule has 1 rings (SSSR count). The van der Waals surface area contributed by atoms with Crippen molar-refractivity contribution >= 4 is 21.2 Å². The van der Waals surface area contributed by atoms with Gasteiger partial charge in [-0.15, -0.1) is 12.3 Å². The van der Waals surface area contributed by atoms with E-state index in [1.165, 1.54) is 12.1 Å². The van der Waals surface area contributed by atoms with Crippen molar-refractivity contribution in [2.75, 3.05) is 11.6 Å². The maximum atomic E-state index is 11.4. The standard InChI is InChI=1S/C13H16N2O4S/c1-4-6-10(5-2)14-12-8-7-11(20(3,18)19)9-13(12)15(16)17/h1,7-10,14H,5-6H2,2-3H3. The van der Waals surface area contributed by atoms with E-state index in [9.17, 15) is 18.5 Å². The minimum atomic E-state index is -3.48. The van der Waals surface area contributed by atoms with Crippen LogP contribution in [0.2, 0.25) is 0 Å². The lowest BCUT2D eigenvalue weighted by Gasteiger charge is -2.16. The summed E-state index contributed by atoms with van der Waals surface area (Å²) in [5.41, 5.74) is -0.00658. The first-order valence-electron chi connectivity index (χ1n) is 5.98. The van der Waals surface area contributed by atoms with Crippen LogP contribution in [0.3, 0.4) is 0 Å². The predicted molar refractivity (Wildman–Crippen MR) is 77.4 cm³/mol. The molecule has 0 fully saturated rings.